The van der Waals surface area contributed by atoms with Gasteiger partial charge in [-0.25, -0.2) is 0 Å². The van der Waals surface area contributed by atoms with Gasteiger partial charge in [0.05, 0.1) is 12.8 Å². The molecule has 1 aromatic heterocycles. The number of aromatic nitrogens is 2. The van der Waals surface area contributed by atoms with Crippen LogP contribution in [0, 0.1) is 5.92 Å². The van der Waals surface area contributed by atoms with Gasteiger partial charge in [0.15, 0.2) is 0 Å². The first-order valence-electron chi connectivity index (χ1n) is 7.53. The highest BCUT2D eigenvalue weighted by molar-refractivity contribution is 5.27. The Bertz CT molecular complexity index is 531. The number of rotatable bonds is 8. The quantitative estimate of drug-likeness (QED) is 0.811. The normalized spacial score (nSPS) is 11.0. The van der Waals surface area contributed by atoms with Gasteiger partial charge in [-0.1, -0.05) is 26.0 Å². The number of hydrogen-bond acceptors (Lipinski definition) is 3. The van der Waals surface area contributed by atoms with E-state index >= 15 is 0 Å². The number of hydrogen-bond donors (Lipinski definition) is 1. The standard InChI is InChI=1S/C17H25N3O/c1-14(2)12-18-13-16-9-11-20(19-16)10-8-15-4-6-17(21-3)7-5-15/h4-7,9,11,14,18H,8,10,12-13H2,1-3H3. The third kappa shape index (κ3) is 5.23. The molecular formula is C17H25N3O. The van der Waals surface area contributed by atoms with Gasteiger partial charge in [-0.3, -0.25) is 4.68 Å². The SMILES string of the molecule is COc1ccc(CCn2ccc(CNCC(C)C)n2)cc1. The Labute approximate surface area is 127 Å². The van der Waals surface area contributed by atoms with Crippen LogP contribution in [0.15, 0.2) is 36.5 Å². The van der Waals surface area contributed by atoms with Crippen molar-refractivity contribution in [3.8, 4) is 5.75 Å². The van der Waals surface area contributed by atoms with E-state index in [0.717, 1.165) is 37.5 Å². The molecule has 0 aliphatic rings. The molecule has 0 spiro atoms. The predicted molar refractivity (Wildman–Crippen MR) is 85.5 cm³/mol. The molecule has 4 heteroatoms. The second kappa shape index (κ2) is 7.84. The van der Waals surface area contributed by atoms with Crippen molar-refractivity contribution in [2.45, 2.75) is 33.4 Å². The molecule has 0 aliphatic carbocycles. The summed E-state index contributed by atoms with van der Waals surface area (Å²) >= 11 is 0. The highest BCUT2D eigenvalue weighted by Gasteiger charge is 2.01. The van der Waals surface area contributed by atoms with Crippen molar-refractivity contribution in [2.75, 3.05) is 13.7 Å². The maximum absolute atomic E-state index is 5.17. The summed E-state index contributed by atoms with van der Waals surface area (Å²) in [6.07, 6.45) is 3.03. The Morgan fingerprint density at radius 3 is 2.62 bits per heavy atom. The van der Waals surface area contributed by atoms with Crippen molar-refractivity contribution < 1.29 is 4.74 Å². The Balaban J connectivity index is 1.79. The minimum atomic E-state index is 0.669. The number of methoxy groups -OCH3 is 1. The average Bonchev–Trinajstić information content (AvgIpc) is 2.93. The first-order chi connectivity index (χ1) is 10.2. The van der Waals surface area contributed by atoms with Gasteiger partial charge in [-0.2, -0.15) is 5.10 Å². The fourth-order valence-electron chi connectivity index (χ4n) is 2.15. The van der Waals surface area contributed by atoms with Crippen LogP contribution in [0.5, 0.6) is 5.75 Å². The molecule has 1 aromatic carbocycles. The van der Waals surface area contributed by atoms with Crippen molar-refractivity contribution >= 4 is 0 Å². The molecule has 0 unspecified atom stereocenters. The molecule has 0 aliphatic heterocycles. The van der Waals surface area contributed by atoms with Gasteiger partial charge in [-0.05, 0) is 42.6 Å². The maximum Gasteiger partial charge on any atom is 0.118 e. The predicted octanol–water partition coefficient (Wildman–Crippen LogP) is 2.88. The summed E-state index contributed by atoms with van der Waals surface area (Å²) in [5, 5.41) is 8.00. The van der Waals surface area contributed by atoms with Gasteiger partial charge < -0.3 is 10.1 Å². The molecule has 0 radical (unpaired) electrons. The summed E-state index contributed by atoms with van der Waals surface area (Å²) in [7, 11) is 1.69. The number of benzene rings is 1. The van der Waals surface area contributed by atoms with Gasteiger partial charge in [0.25, 0.3) is 0 Å². The molecule has 114 valence electrons. The summed E-state index contributed by atoms with van der Waals surface area (Å²) in [4.78, 5) is 0. The van der Waals surface area contributed by atoms with Crippen molar-refractivity contribution in [3.05, 3.63) is 47.8 Å². The zero-order chi connectivity index (χ0) is 15.1. The highest BCUT2D eigenvalue weighted by Crippen LogP contribution is 2.12. The van der Waals surface area contributed by atoms with Crippen LogP contribution in [-0.4, -0.2) is 23.4 Å². The van der Waals surface area contributed by atoms with E-state index in [1.165, 1.54) is 5.56 Å². The van der Waals surface area contributed by atoms with E-state index in [2.05, 4.69) is 48.7 Å². The Kier molecular flexibility index (Phi) is 5.81. The summed E-state index contributed by atoms with van der Waals surface area (Å²) in [5.74, 6) is 1.57. The van der Waals surface area contributed by atoms with Gasteiger partial charge in [0, 0.05) is 19.3 Å². The van der Waals surface area contributed by atoms with Crippen LogP contribution in [-0.2, 0) is 19.5 Å². The van der Waals surface area contributed by atoms with Gasteiger partial charge in [0.2, 0.25) is 0 Å². The zero-order valence-corrected chi connectivity index (χ0v) is 13.2. The van der Waals surface area contributed by atoms with Crippen molar-refractivity contribution in [1.29, 1.82) is 0 Å². The van der Waals surface area contributed by atoms with Crippen molar-refractivity contribution in [2.24, 2.45) is 5.92 Å². The largest absolute Gasteiger partial charge is 0.497 e. The van der Waals surface area contributed by atoms with E-state index < -0.39 is 0 Å². The third-order valence-corrected chi connectivity index (χ3v) is 3.34. The maximum atomic E-state index is 5.17. The van der Waals surface area contributed by atoms with Gasteiger partial charge in [-0.15, -0.1) is 0 Å². The monoisotopic (exact) mass is 287 g/mol. The van der Waals surface area contributed by atoms with E-state index in [4.69, 9.17) is 4.74 Å². The molecule has 0 amide bonds. The fourth-order valence-corrected chi connectivity index (χ4v) is 2.15. The highest BCUT2D eigenvalue weighted by atomic mass is 16.5. The average molecular weight is 287 g/mol. The minimum absolute atomic E-state index is 0.669. The molecule has 21 heavy (non-hydrogen) atoms. The summed E-state index contributed by atoms with van der Waals surface area (Å²) in [6.45, 7) is 7.18. The molecular weight excluding hydrogens is 262 g/mol. The molecule has 2 aromatic rings. The van der Waals surface area contributed by atoms with Crippen LogP contribution < -0.4 is 10.1 Å². The molecule has 4 nitrogen and oxygen atoms in total. The molecule has 1 N–H and O–H groups in total. The van der Waals surface area contributed by atoms with E-state index in [-0.39, 0.29) is 0 Å². The Morgan fingerprint density at radius 2 is 1.95 bits per heavy atom. The molecule has 0 saturated heterocycles. The van der Waals surface area contributed by atoms with Crippen LogP contribution in [0.1, 0.15) is 25.1 Å². The smallest absolute Gasteiger partial charge is 0.118 e. The molecule has 2 rings (SSSR count). The van der Waals surface area contributed by atoms with Crippen molar-refractivity contribution in [3.63, 3.8) is 0 Å². The molecule has 0 fully saturated rings. The summed E-state index contributed by atoms with van der Waals surface area (Å²) < 4.78 is 7.18. The summed E-state index contributed by atoms with van der Waals surface area (Å²) in [6, 6.07) is 10.3. The second-order valence-electron chi connectivity index (χ2n) is 5.69. The number of nitrogens with zero attached hydrogens (tertiary/aromatic N) is 2. The van der Waals surface area contributed by atoms with Gasteiger partial charge in [0.1, 0.15) is 5.75 Å². The van der Waals surface area contributed by atoms with Gasteiger partial charge >= 0.3 is 0 Å². The molecule has 0 saturated carbocycles. The topological polar surface area (TPSA) is 39.1 Å². The van der Waals surface area contributed by atoms with Crippen LogP contribution in [0.4, 0.5) is 0 Å². The van der Waals surface area contributed by atoms with E-state index in [1.807, 2.05) is 16.8 Å². The lowest BCUT2D eigenvalue weighted by Crippen LogP contribution is -2.19. The second-order valence-corrected chi connectivity index (χ2v) is 5.69. The Morgan fingerprint density at radius 1 is 1.19 bits per heavy atom. The lowest BCUT2D eigenvalue weighted by Gasteiger charge is -2.05. The van der Waals surface area contributed by atoms with E-state index in [9.17, 15) is 0 Å². The lowest BCUT2D eigenvalue weighted by atomic mass is 10.1. The molecule has 0 atom stereocenters. The van der Waals surface area contributed by atoms with Crippen LogP contribution in [0.2, 0.25) is 0 Å². The number of nitrogens with one attached hydrogen (secondary N) is 1. The molecule has 1 heterocycles. The van der Waals surface area contributed by atoms with Crippen LogP contribution in [0.25, 0.3) is 0 Å². The van der Waals surface area contributed by atoms with E-state index in [0.29, 0.717) is 5.92 Å². The first-order valence-corrected chi connectivity index (χ1v) is 7.53. The van der Waals surface area contributed by atoms with Crippen molar-refractivity contribution in [1.82, 2.24) is 15.1 Å². The van der Waals surface area contributed by atoms with Crippen LogP contribution >= 0.6 is 0 Å². The fraction of sp³-hybridized carbons (Fsp3) is 0.471. The minimum Gasteiger partial charge on any atom is -0.497 e. The zero-order valence-electron chi connectivity index (χ0n) is 13.2. The number of aryl methyl sites for hydroxylation is 2. The summed E-state index contributed by atoms with van der Waals surface area (Å²) in [5.41, 5.74) is 2.40. The first kappa shape index (κ1) is 15.6. The number of ether oxygens (including phenoxy) is 1. The molecule has 0 bridgehead atoms. The Hall–Kier alpha value is -1.81. The van der Waals surface area contributed by atoms with E-state index in [1.54, 1.807) is 7.11 Å². The van der Waals surface area contributed by atoms with Crippen LogP contribution in [0.3, 0.4) is 0 Å². The lowest BCUT2D eigenvalue weighted by molar-refractivity contribution is 0.414. The third-order valence-electron chi connectivity index (χ3n) is 3.34.